The molecule has 1 aliphatic carbocycles. The summed E-state index contributed by atoms with van der Waals surface area (Å²) >= 11 is 1.66. The molecule has 1 radical (unpaired) electrons. The molecule has 2 amide bonds. The third kappa shape index (κ3) is 9.08. The van der Waals surface area contributed by atoms with Crippen LogP contribution in [0, 0.1) is 5.92 Å². The summed E-state index contributed by atoms with van der Waals surface area (Å²) in [4.78, 5) is 24.3. The molecule has 23 heavy (non-hydrogen) atoms. The molecular weight excluding hydrogens is 312 g/mol. The van der Waals surface area contributed by atoms with Crippen molar-refractivity contribution in [2.24, 2.45) is 0 Å². The molecule has 0 aromatic carbocycles. The van der Waals surface area contributed by atoms with E-state index in [0.717, 1.165) is 18.6 Å². The molecule has 1 atom stereocenters. The number of nitrogens with one attached hydrogen (secondary N) is 2. The van der Waals surface area contributed by atoms with E-state index in [1.807, 2.05) is 27.0 Å². The lowest BCUT2D eigenvalue weighted by Gasteiger charge is -2.25. The van der Waals surface area contributed by atoms with Crippen LogP contribution in [0.3, 0.4) is 0 Å². The number of hydrogen-bond acceptors (Lipinski definition) is 4. The van der Waals surface area contributed by atoms with Crippen molar-refractivity contribution < 1.29 is 14.3 Å². The zero-order valence-corrected chi connectivity index (χ0v) is 15.7. The van der Waals surface area contributed by atoms with Crippen LogP contribution >= 0.6 is 11.8 Å². The van der Waals surface area contributed by atoms with Crippen LogP contribution in [0.4, 0.5) is 4.79 Å². The van der Waals surface area contributed by atoms with Crippen LogP contribution < -0.4 is 10.6 Å². The second-order valence-electron chi connectivity index (χ2n) is 7.01. The zero-order valence-electron chi connectivity index (χ0n) is 14.9. The number of amides is 2. The lowest BCUT2D eigenvalue weighted by molar-refractivity contribution is -0.123. The van der Waals surface area contributed by atoms with Gasteiger partial charge < -0.3 is 15.4 Å². The molecule has 1 saturated carbocycles. The highest BCUT2D eigenvalue weighted by molar-refractivity contribution is 7.98. The predicted molar refractivity (Wildman–Crippen MR) is 95.5 cm³/mol. The molecule has 2 N–H and O–H groups in total. The van der Waals surface area contributed by atoms with Crippen LogP contribution in [0.25, 0.3) is 0 Å². The average molecular weight is 344 g/mol. The van der Waals surface area contributed by atoms with Crippen molar-refractivity contribution in [2.45, 2.75) is 70.9 Å². The van der Waals surface area contributed by atoms with Crippen LogP contribution in [0.1, 0.15) is 59.3 Å². The molecule has 133 valence electrons. The van der Waals surface area contributed by atoms with E-state index < -0.39 is 17.7 Å². The Morgan fingerprint density at radius 3 is 2.43 bits per heavy atom. The second-order valence-corrected chi connectivity index (χ2v) is 7.99. The minimum atomic E-state index is -0.567. The van der Waals surface area contributed by atoms with E-state index in [-0.39, 0.29) is 5.91 Å². The Bertz CT molecular complexity index is 377. The van der Waals surface area contributed by atoms with Gasteiger partial charge in [0.15, 0.2) is 0 Å². The van der Waals surface area contributed by atoms with Gasteiger partial charge in [-0.05, 0) is 58.0 Å². The first-order valence-electron chi connectivity index (χ1n) is 8.41. The van der Waals surface area contributed by atoms with Gasteiger partial charge in [0.25, 0.3) is 0 Å². The Labute approximate surface area is 144 Å². The van der Waals surface area contributed by atoms with Crippen molar-refractivity contribution in [2.75, 3.05) is 18.6 Å². The summed E-state index contributed by atoms with van der Waals surface area (Å²) in [5, 5.41) is 5.67. The molecule has 6 heteroatoms. The summed E-state index contributed by atoms with van der Waals surface area (Å²) in [6.07, 6.45) is 7.98. The van der Waals surface area contributed by atoms with E-state index in [0.29, 0.717) is 13.0 Å². The minimum Gasteiger partial charge on any atom is -0.444 e. The fraction of sp³-hybridized carbons (Fsp3) is 0.824. The highest BCUT2D eigenvalue weighted by atomic mass is 32.2. The van der Waals surface area contributed by atoms with Gasteiger partial charge in [-0.1, -0.05) is 19.3 Å². The topological polar surface area (TPSA) is 67.4 Å². The fourth-order valence-electron chi connectivity index (χ4n) is 2.52. The average Bonchev–Trinajstić information content (AvgIpc) is 2.48. The summed E-state index contributed by atoms with van der Waals surface area (Å²) in [6, 6.07) is -0.540. The molecule has 1 rings (SSSR count). The molecule has 1 aliphatic rings. The van der Waals surface area contributed by atoms with Gasteiger partial charge >= 0.3 is 6.09 Å². The number of thioether (sulfide) groups is 1. The van der Waals surface area contributed by atoms with Gasteiger partial charge in [-0.15, -0.1) is 0 Å². The van der Waals surface area contributed by atoms with E-state index in [1.165, 1.54) is 25.2 Å². The van der Waals surface area contributed by atoms with Crippen molar-refractivity contribution >= 4 is 23.8 Å². The summed E-state index contributed by atoms with van der Waals surface area (Å²) in [5.74, 6) is 2.10. The largest absolute Gasteiger partial charge is 0.444 e. The maximum absolute atomic E-state index is 12.4. The molecule has 1 unspecified atom stereocenters. The first kappa shape index (κ1) is 20.1. The first-order valence-corrected chi connectivity index (χ1v) is 9.81. The quantitative estimate of drug-likeness (QED) is 0.744. The van der Waals surface area contributed by atoms with E-state index >= 15 is 0 Å². The van der Waals surface area contributed by atoms with Crippen LogP contribution in [0.5, 0.6) is 0 Å². The van der Waals surface area contributed by atoms with E-state index in [4.69, 9.17) is 4.74 Å². The molecule has 1 fully saturated rings. The summed E-state index contributed by atoms with van der Waals surface area (Å²) in [7, 11) is 0. The zero-order chi connectivity index (χ0) is 17.3. The van der Waals surface area contributed by atoms with Crippen molar-refractivity contribution in [3.63, 3.8) is 0 Å². The van der Waals surface area contributed by atoms with Gasteiger partial charge in [0.1, 0.15) is 11.6 Å². The van der Waals surface area contributed by atoms with E-state index in [1.54, 1.807) is 11.8 Å². The Kier molecular flexibility index (Phi) is 8.81. The van der Waals surface area contributed by atoms with Crippen LogP contribution in [0.2, 0.25) is 0 Å². The van der Waals surface area contributed by atoms with Crippen LogP contribution in [-0.2, 0) is 9.53 Å². The molecule has 0 spiro atoms. The lowest BCUT2D eigenvalue weighted by atomic mass is 9.89. The normalized spacial score (nSPS) is 17.4. The van der Waals surface area contributed by atoms with Gasteiger partial charge in [0, 0.05) is 6.54 Å². The van der Waals surface area contributed by atoms with Gasteiger partial charge in [0.2, 0.25) is 5.91 Å². The van der Waals surface area contributed by atoms with Gasteiger partial charge in [-0.2, -0.15) is 11.8 Å². The second kappa shape index (κ2) is 10.1. The van der Waals surface area contributed by atoms with E-state index in [9.17, 15) is 9.59 Å². The van der Waals surface area contributed by atoms with Crippen molar-refractivity contribution in [1.29, 1.82) is 0 Å². The molecule has 0 aromatic rings. The SMILES string of the molecule is CSCCC(NC(=O)OC(C)(C)C)C(=O)NC[C]1CCCCC1. The molecule has 0 heterocycles. The predicted octanol–water partition coefficient (Wildman–Crippen LogP) is 3.29. The van der Waals surface area contributed by atoms with Crippen LogP contribution in [0.15, 0.2) is 0 Å². The smallest absolute Gasteiger partial charge is 0.408 e. The Morgan fingerprint density at radius 1 is 1.22 bits per heavy atom. The summed E-state index contributed by atoms with van der Waals surface area (Å²) < 4.78 is 5.25. The van der Waals surface area contributed by atoms with Gasteiger partial charge in [-0.3, -0.25) is 4.79 Å². The minimum absolute atomic E-state index is 0.122. The molecule has 0 saturated heterocycles. The Morgan fingerprint density at radius 2 is 1.87 bits per heavy atom. The lowest BCUT2D eigenvalue weighted by Crippen LogP contribution is -2.49. The first-order chi connectivity index (χ1) is 10.8. The number of ether oxygens (including phenoxy) is 1. The number of hydrogen-bond donors (Lipinski definition) is 2. The monoisotopic (exact) mass is 343 g/mol. The molecule has 0 aromatic heterocycles. The highest BCUT2D eigenvalue weighted by Gasteiger charge is 2.25. The van der Waals surface area contributed by atoms with Gasteiger partial charge in [0.05, 0.1) is 0 Å². The van der Waals surface area contributed by atoms with Crippen molar-refractivity contribution in [1.82, 2.24) is 10.6 Å². The number of rotatable bonds is 7. The Balaban J connectivity index is 2.47. The number of alkyl carbamates (subject to hydrolysis) is 1. The molecule has 0 bridgehead atoms. The third-order valence-electron chi connectivity index (χ3n) is 3.69. The fourth-order valence-corrected chi connectivity index (χ4v) is 2.99. The molecular formula is C17H31N2O3S. The number of carbonyl (C=O) groups is 2. The highest BCUT2D eigenvalue weighted by Crippen LogP contribution is 2.24. The summed E-state index contributed by atoms with van der Waals surface area (Å²) in [6.45, 7) is 6.06. The standard InChI is InChI=1S/C17H31N2O3S/c1-17(2,3)22-16(21)19-14(10-11-23-4)15(20)18-12-13-8-6-5-7-9-13/h14H,5-12H2,1-4H3,(H,18,20)(H,19,21). The van der Waals surface area contributed by atoms with Gasteiger partial charge in [-0.25, -0.2) is 4.79 Å². The van der Waals surface area contributed by atoms with E-state index in [2.05, 4.69) is 10.6 Å². The summed E-state index contributed by atoms with van der Waals surface area (Å²) in [5.41, 5.74) is -0.567. The molecule has 5 nitrogen and oxygen atoms in total. The Hall–Kier alpha value is -0.910. The maximum Gasteiger partial charge on any atom is 0.408 e. The van der Waals surface area contributed by atoms with Crippen LogP contribution in [-0.4, -0.2) is 42.2 Å². The number of carbonyl (C=O) groups excluding carboxylic acids is 2. The van der Waals surface area contributed by atoms with Crippen molar-refractivity contribution in [3.05, 3.63) is 5.92 Å². The third-order valence-corrected chi connectivity index (χ3v) is 4.34. The van der Waals surface area contributed by atoms with Crippen molar-refractivity contribution in [3.8, 4) is 0 Å². The molecule has 0 aliphatic heterocycles. The maximum atomic E-state index is 12.4.